The molecule has 0 amide bonds. The van der Waals surface area contributed by atoms with Crippen molar-refractivity contribution in [3.8, 4) is 0 Å². The molecule has 128 valence electrons. The molecule has 2 aromatic rings. The van der Waals surface area contributed by atoms with E-state index in [-0.39, 0.29) is 0 Å². The third-order valence-electron chi connectivity index (χ3n) is 3.91. The number of rotatable bonds is 5. The minimum atomic E-state index is 0.336. The minimum Gasteiger partial charge on any atom is -0.357 e. The zero-order valence-corrected chi connectivity index (χ0v) is 15.3. The zero-order valence-electron chi connectivity index (χ0n) is 13.7. The van der Waals surface area contributed by atoms with E-state index in [0.29, 0.717) is 17.6 Å². The summed E-state index contributed by atoms with van der Waals surface area (Å²) in [5, 5.41) is 11.8. The van der Waals surface area contributed by atoms with Gasteiger partial charge in [-0.1, -0.05) is 11.6 Å². The molecular formula is C17H22ClN5S. The van der Waals surface area contributed by atoms with Gasteiger partial charge >= 0.3 is 0 Å². The second kappa shape index (κ2) is 8.35. The van der Waals surface area contributed by atoms with Gasteiger partial charge in [0.15, 0.2) is 5.96 Å². The smallest absolute Gasteiger partial charge is 0.191 e. The Labute approximate surface area is 151 Å². The van der Waals surface area contributed by atoms with Crippen molar-refractivity contribution >= 4 is 34.7 Å². The van der Waals surface area contributed by atoms with Crippen molar-refractivity contribution in [2.75, 3.05) is 24.5 Å². The first-order valence-electron chi connectivity index (χ1n) is 8.17. The monoisotopic (exact) mass is 363 g/mol. The Bertz CT molecular complexity index is 673. The highest BCUT2D eigenvalue weighted by molar-refractivity contribution is 7.07. The number of nitrogens with zero attached hydrogens (tertiary/aromatic N) is 3. The first kappa shape index (κ1) is 17.0. The molecule has 0 aliphatic carbocycles. The van der Waals surface area contributed by atoms with Crippen LogP contribution in [0.5, 0.6) is 0 Å². The van der Waals surface area contributed by atoms with Crippen LogP contribution in [0.25, 0.3) is 0 Å². The number of hydrogen-bond acceptors (Lipinski definition) is 4. The lowest BCUT2D eigenvalue weighted by atomic mass is 10.3. The molecule has 24 heavy (non-hydrogen) atoms. The van der Waals surface area contributed by atoms with Crippen LogP contribution in [0.1, 0.15) is 18.9 Å². The summed E-state index contributed by atoms with van der Waals surface area (Å²) < 4.78 is 0. The number of guanidine groups is 1. The van der Waals surface area contributed by atoms with Crippen molar-refractivity contribution in [1.82, 2.24) is 15.6 Å². The SMILES string of the molecule is CCNC(=NCc1ccsc1)NC1CCN(c2ncccc2Cl)C1. The van der Waals surface area contributed by atoms with Gasteiger partial charge < -0.3 is 15.5 Å². The molecule has 0 saturated carbocycles. The van der Waals surface area contributed by atoms with Crippen molar-refractivity contribution in [2.24, 2.45) is 4.99 Å². The highest BCUT2D eigenvalue weighted by atomic mass is 35.5. The van der Waals surface area contributed by atoms with Crippen LogP contribution in [-0.4, -0.2) is 36.6 Å². The number of hydrogen-bond donors (Lipinski definition) is 2. The van der Waals surface area contributed by atoms with E-state index in [0.717, 1.165) is 37.8 Å². The molecule has 0 radical (unpaired) electrons. The van der Waals surface area contributed by atoms with Gasteiger partial charge in [0.25, 0.3) is 0 Å². The average molecular weight is 364 g/mol. The summed E-state index contributed by atoms with van der Waals surface area (Å²) >= 11 is 7.96. The topological polar surface area (TPSA) is 52.6 Å². The Kier molecular flexibility index (Phi) is 5.93. The second-order valence-electron chi connectivity index (χ2n) is 5.71. The molecule has 2 aromatic heterocycles. The van der Waals surface area contributed by atoms with Crippen LogP contribution >= 0.6 is 22.9 Å². The summed E-state index contributed by atoms with van der Waals surface area (Å²) in [6.45, 7) is 5.44. The summed E-state index contributed by atoms with van der Waals surface area (Å²) in [5.74, 6) is 1.73. The van der Waals surface area contributed by atoms with Crippen LogP contribution in [0.3, 0.4) is 0 Å². The van der Waals surface area contributed by atoms with Gasteiger partial charge in [-0.15, -0.1) is 0 Å². The molecule has 0 aromatic carbocycles. The highest BCUT2D eigenvalue weighted by Gasteiger charge is 2.25. The van der Waals surface area contributed by atoms with E-state index in [9.17, 15) is 0 Å². The molecule has 1 atom stereocenters. The maximum atomic E-state index is 6.25. The van der Waals surface area contributed by atoms with Crippen molar-refractivity contribution in [3.63, 3.8) is 0 Å². The van der Waals surface area contributed by atoms with Gasteiger partial charge in [-0.05, 0) is 47.9 Å². The Morgan fingerprint density at radius 3 is 3.17 bits per heavy atom. The number of anilines is 1. The maximum Gasteiger partial charge on any atom is 0.191 e. The number of aliphatic imine (C=N–C) groups is 1. The first-order chi connectivity index (χ1) is 11.8. The van der Waals surface area contributed by atoms with E-state index in [1.54, 1.807) is 17.5 Å². The van der Waals surface area contributed by atoms with Gasteiger partial charge in [0, 0.05) is 31.9 Å². The van der Waals surface area contributed by atoms with Gasteiger partial charge in [-0.2, -0.15) is 11.3 Å². The van der Waals surface area contributed by atoms with Crippen molar-refractivity contribution in [2.45, 2.75) is 25.9 Å². The molecule has 2 N–H and O–H groups in total. The lowest BCUT2D eigenvalue weighted by Gasteiger charge is -2.20. The van der Waals surface area contributed by atoms with Crippen LogP contribution in [-0.2, 0) is 6.54 Å². The van der Waals surface area contributed by atoms with E-state index in [1.807, 2.05) is 12.1 Å². The number of pyridine rings is 1. The van der Waals surface area contributed by atoms with Crippen molar-refractivity contribution in [3.05, 3.63) is 45.7 Å². The molecule has 1 aliphatic heterocycles. The quantitative estimate of drug-likeness (QED) is 0.633. The number of halogens is 1. The Hall–Kier alpha value is -1.79. The van der Waals surface area contributed by atoms with Gasteiger partial charge in [0.1, 0.15) is 5.82 Å². The normalized spacial score (nSPS) is 18.0. The fourth-order valence-electron chi connectivity index (χ4n) is 2.75. The Morgan fingerprint density at radius 1 is 1.50 bits per heavy atom. The number of nitrogens with one attached hydrogen (secondary N) is 2. The van der Waals surface area contributed by atoms with Crippen LogP contribution < -0.4 is 15.5 Å². The second-order valence-corrected chi connectivity index (χ2v) is 6.90. The highest BCUT2D eigenvalue weighted by Crippen LogP contribution is 2.25. The molecule has 7 heteroatoms. The average Bonchev–Trinajstić information content (AvgIpc) is 3.25. The van der Waals surface area contributed by atoms with Gasteiger partial charge in [-0.25, -0.2) is 9.98 Å². The third kappa shape index (κ3) is 4.39. The van der Waals surface area contributed by atoms with E-state index < -0.39 is 0 Å². The van der Waals surface area contributed by atoms with Gasteiger partial charge in [0.2, 0.25) is 0 Å². The van der Waals surface area contributed by atoms with Crippen molar-refractivity contribution in [1.29, 1.82) is 0 Å². The lowest BCUT2D eigenvalue weighted by Crippen LogP contribution is -2.44. The van der Waals surface area contributed by atoms with Crippen LogP contribution in [0, 0.1) is 0 Å². The molecule has 1 fully saturated rings. The fourth-order valence-corrected chi connectivity index (χ4v) is 3.65. The number of aromatic nitrogens is 1. The summed E-state index contributed by atoms with van der Waals surface area (Å²) in [6.07, 6.45) is 2.82. The van der Waals surface area contributed by atoms with E-state index >= 15 is 0 Å². The molecule has 3 rings (SSSR count). The number of thiophene rings is 1. The Morgan fingerprint density at radius 2 is 2.42 bits per heavy atom. The van der Waals surface area contributed by atoms with E-state index in [1.165, 1.54) is 5.56 Å². The predicted molar refractivity (Wildman–Crippen MR) is 102 cm³/mol. The molecule has 3 heterocycles. The maximum absolute atomic E-state index is 6.25. The Balaban J connectivity index is 1.60. The predicted octanol–water partition coefficient (Wildman–Crippen LogP) is 3.13. The summed E-state index contributed by atoms with van der Waals surface area (Å²) in [7, 11) is 0. The molecule has 1 unspecified atom stereocenters. The van der Waals surface area contributed by atoms with E-state index in [4.69, 9.17) is 11.6 Å². The van der Waals surface area contributed by atoms with Crippen LogP contribution in [0.4, 0.5) is 5.82 Å². The summed E-state index contributed by atoms with van der Waals surface area (Å²) in [4.78, 5) is 11.3. The van der Waals surface area contributed by atoms with Gasteiger partial charge in [-0.3, -0.25) is 0 Å². The largest absolute Gasteiger partial charge is 0.357 e. The standard InChI is InChI=1S/C17H22ClN5S/c1-2-19-17(21-10-13-6-9-24-12-13)22-14-5-8-23(11-14)16-15(18)4-3-7-20-16/h3-4,6-7,9,12,14H,2,5,8,10-11H2,1H3,(H2,19,21,22). The lowest BCUT2D eigenvalue weighted by molar-refractivity contribution is 0.649. The fraction of sp³-hybridized carbons (Fsp3) is 0.412. The molecule has 1 saturated heterocycles. The van der Waals surface area contributed by atoms with E-state index in [2.05, 4.69) is 49.3 Å². The zero-order chi connectivity index (χ0) is 16.8. The molecule has 1 aliphatic rings. The summed E-state index contributed by atoms with van der Waals surface area (Å²) in [5.41, 5.74) is 1.24. The van der Waals surface area contributed by atoms with Crippen molar-refractivity contribution < 1.29 is 0 Å². The molecule has 5 nitrogen and oxygen atoms in total. The molecular weight excluding hydrogens is 342 g/mol. The van der Waals surface area contributed by atoms with Crippen LogP contribution in [0.2, 0.25) is 5.02 Å². The van der Waals surface area contributed by atoms with Gasteiger partial charge in [0.05, 0.1) is 11.6 Å². The summed E-state index contributed by atoms with van der Waals surface area (Å²) in [6, 6.07) is 6.19. The first-order valence-corrected chi connectivity index (χ1v) is 9.49. The molecule has 0 spiro atoms. The third-order valence-corrected chi connectivity index (χ3v) is 4.94. The molecule has 0 bridgehead atoms. The minimum absolute atomic E-state index is 0.336. The van der Waals surface area contributed by atoms with Crippen LogP contribution in [0.15, 0.2) is 40.1 Å².